The van der Waals surface area contributed by atoms with Crippen molar-refractivity contribution in [3.63, 3.8) is 0 Å². The minimum atomic E-state index is -3.38. The zero-order valence-electron chi connectivity index (χ0n) is 12.5. The summed E-state index contributed by atoms with van der Waals surface area (Å²) < 4.78 is 30.6. The Morgan fingerprint density at radius 1 is 1.48 bits per heavy atom. The van der Waals surface area contributed by atoms with Crippen LogP contribution in [0.25, 0.3) is 0 Å². The molecule has 0 aliphatic heterocycles. The summed E-state index contributed by atoms with van der Waals surface area (Å²) in [5, 5.41) is 4.37. The van der Waals surface area contributed by atoms with Crippen LogP contribution in [0.4, 0.5) is 0 Å². The van der Waals surface area contributed by atoms with Gasteiger partial charge in [-0.05, 0) is 18.9 Å². The predicted octanol–water partition coefficient (Wildman–Crippen LogP) is 1.72. The van der Waals surface area contributed by atoms with Crippen molar-refractivity contribution in [2.24, 2.45) is 5.92 Å². The van der Waals surface area contributed by atoms with Gasteiger partial charge in [-0.15, -0.1) is 0 Å². The van der Waals surface area contributed by atoms with E-state index in [4.69, 9.17) is 0 Å². The highest BCUT2D eigenvalue weighted by molar-refractivity contribution is 7.90. The van der Waals surface area contributed by atoms with E-state index in [-0.39, 0.29) is 11.5 Å². The highest BCUT2D eigenvalue weighted by Crippen LogP contribution is 2.28. The molecule has 0 bridgehead atoms. The standard InChI is InChI=1S/C14H22N2O4S/c1-11(14(17)20-2)9-21(18,19)10-12-7-8-16(15-12)13-5-3-4-6-13/h7-8,11,13H,3-6,9-10H2,1-2H3. The lowest BCUT2D eigenvalue weighted by Gasteiger charge is -2.10. The Bertz CT molecular complexity index is 588. The molecule has 7 heteroatoms. The maximum atomic E-state index is 12.1. The van der Waals surface area contributed by atoms with Crippen molar-refractivity contribution in [3.8, 4) is 0 Å². The Labute approximate surface area is 125 Å². The van der Waals surface area contributed by atoms with E-state index in [0.29, 0.717) is 11.7 Å². The van der Waals surface area contributed by atoms with Crippen LogP contribution >= 0.6 is 0 Å². The molecular weight excluding hydrogens is 292 g/mol. The molecule has 0 amide bonds. The Hall–Kier alpha value is -1.37. The molecule has 2 rings (SSSR count). The molecule has 0 saturated heterocycles. The maximum Gasteiger partial charge on any atom is 0.309 e. The first-order valence-corrected chi connectivity index (χ1v) is 9.05. The third-order valence-electron chi connectivity index (χ3n) is 3.84. The molecule has 1 atom stereocenters. The number of hydrogen-bond donors (Lipinski definition) is 0. The Morgan fingerprint density at radius 3 is 2.76 bits per heavy atom. The molecule has 0 radical (unpaired) electrons. The van der Waals surface area contributed by atoms with E-state index in [1.54, 1.807) is 13.0 Å². The normalized spacial score (nSPS) is 17.8. The number of methoxy groups -OCH3 is 1. The first kappa shape index (κ1) is 16.0. The molecule has 1 aliphatic carbocycles. The van der Waals surface area contributed by atoms with Gasteiger partial charge in [0.15, 0.2) is 9.84 Å². The number of aromatic nitrogens is 2. The first-order chi connectivity index (χ1) is 9.91. The molecule has 1 aliphatic rings. The summed E-state index contributed by atoms with van der Waals surface area (Å²) in [6.45, 7) is 1.56. The van der Waals surface area contributed by atoms with Crippen LogP contribution < -0.4 is 0 Å². The fourth-order valence-corrected chi connectivity index (χ4v) is 4.38. The minimum Gasteiger partial charge on any atom is -0.469 e. The van der Waals surface area contributed by atoms with Gasteiger partial charge >= 0.3 is 5.97 Å². The second-order valence-electron chi connectivity index (χ2n) is 5.70. The summed E-state index contributed by atoms with van der Waals surface area (Å²) in [6.07, 6.45) is 6.47. The van der Waals surface area contributed by atoms with Gasteiger partial charge in [0.05, 0.1) is 36.3 Å². The topological polar surface area (TPSA) is 78.3 Å². The van der Waals surface area contributed by atoms with Crippen LogP contribution in [0.1, 0.15) is 44.3 Å². The van der Waals surface area contributed by atoms with Crippen LogP contribution in [0.2, 0.25) is 0 Å². The van der Waals surface area contributed by atoms with E-state index >= 15 is 0 Å². The predicted molar refractivity (Wildman–Crippen MR) is 78.4 cm³/mol. The Morgan fingerprint density at radius 2 is 2.14 bits per heavy atom. The van der Waals surface area contributed by atoms with Crippen molar-refractivity contribution in [2.45, 2.75) is 44.4 Å². The third-order valence-corrected chi connectivity index (χ3v) is 5.58. The molecule has 0 N–H and O–H groups in total. The molecule has 1 heterocycles. The number of carbonyl (C=O) groups is 1. The molecule has 6 nitrogen and oxygen atoms in total. The number of sulfone groups is 1. The fraction of sp³-hybridized carbons (Fsp3) is 0.714. The monoisotopic (exact) mass is 314 g/mol. The third kappa shape index (κ3) is 4.30. The minimum absolute atomic E-state index is 0.131. The van der Waals surface area contributed by atoms with Crippen LogP contribution in [0, 0.1) is 5.92 Å². The largest absolute Gasteiger partial charge is 0.469 e. The number of esters is 1. The van der Waals surface area contributed by atoms with E-state index in [0.717, 1.165) is 12.8 Å². The summed E-state index contributed by atoms with van der Waals surface area (Å²) in [6, 6.07) is 2.15. The SMILES string of the molecule is COC(=O)C(C)CS(=O)(=O)Cc1ccn(C2CCCC2)n1. The number of nitrogens with zero attached hydrogens (tertiary/aromatic N) is 2. The van der Waals surface area contributed by atoms with Crippen LogP contribution in [0.15, 0.2) is 12.3 Å². The highest BCUT2D eigenvalue weighted by Gasteiger charge is 2.24. The molecule has 118 valence electrons. The van der Waals surface area contributed by atoms with Gasteiger partial charge in [-0.1, -0.05) is 19.8 Å². The lowest BCUT2D eigenvalue weighted by molar-refractivity contribution is -0.144. The second-order valence-corrected chi connectivity index (χ2v) is 7.81. The van der Waals surface area contributed by atoms with E-state index in [9.17, 15) is 13.2 Å². The van der Waals surface area contributed by atoms with Crippen molar-refractivity contribution in [2.75, 3.05) is 12.9 Å². The second kappa shape index (κ2) is 6.60. The van der Waals surface area contributed by atoms with Gasteiger partial charge in [0.25, 0.3) is 0 Å². The molecule has 1 fully saturated rings. The zero-order valence-corrected chi connectivity index (χ0v) is 13.3. The van der Waals surface area contributed by atoms with E-state index in [1.165, 1.54) is 20.0 Å². The van der Waals surface area contributed by atoms with Gasteiger partial charge in [-0.3, -0.25) is 9.48 Å². The molecule has 1 aromatic heterocycles. The van der Waals surface area contributed by atoms with Crippen molar-refractivity contribution in [3.05, 3.63) is 18.0 Å². The Balaban J connectivity index is 1.98. The van der Waals surface area contributed by atoms with Gasteiger partial charge in [-0.2, -0.15) is 5.10 Å². The molecule has 1 unspecified atom stereocenters. The van der Waals surface area contributed by atoms with Crippen LogP contribution in [-0.2, 0) is 25.1 Å². The summed E-state index contributed by atoms with van der Waals surface area (Å²) in [4.78, 5) is 11.3. The Kier molecular flexibility index (Phi) is 5.03. The average molecular weight is 314 g/mol. The van der Waals surface area contributed by atoms with E-state index < -0.39 is 21.7 Å². The molecule has 1 saturated carbocycles. The first-order valence-electron chi connectivity index (χ1n) is 7.23. The number of ether oxygens (including phenoxy) is 1. The molecular formula is C14H22N2O4S. The fourth-order valence-electron chi connectivity index (χ4n) is 2.76. The van der Waals surface area contributed by atoms with Crippen LogP contribution in [-0.4, -0.2) is 37.0 Å². The van der Waals surface area contributed by atoms with Crippen LogP contribution in [0.3, 0.4) is 0 Å². The zero-order chi connectivity index (χ0) is 15.5. The number of rotatable bonds is 6. The van der Waals surface area contributed by atoms with Gasteiger partial charge in [0.2, 0.25) is 0 Å². The lowest BCUT2D eigenvalue weighted by Crippen LogP contribution is -2.23. The molecule has 0 aromatic carbocycles. The summed E-state index contributed by atoms with van der Waals surface area (Å²) in [5.41, 5.74) is 0.541. The number of hydrogen-bond acceptors (Lipinski definition) is 5. The lowest BCUT2D eigenvalue weighted by atomic mass is 10.2. The smallest absolute Gasteiger partial charge is 0.309 e. The summed E-state index contributed by atoms with van der Waals surface area (Å²) in [7, 11) is -2.12. The van der Waals surface area contributed by atoms with Gasteiger partial charge in [0, 0.05) is 6.20 Å². The van der Waals surface area contributed by atoms with E-state index in [2.05, 4.69) is 9.84 Å². The van der Waals surface area contributed by atoms with Gasteiger partial charge in [0.1, 0.15) is 0 Å². The van der Waals surface area contributed by atoms with Crippen LogP contribution in [0.5, 0.6) is 0 Å². The molecule has 1 aromatic rings. The van der Waals surface area contributed by atoms with Crippen molar-refractivity contribution in [1.29, 1.82) is 0 Å². The van der Waals surface area contributed by atoms with Crippen molar-refractivity contribution < 1.29 is 17.9 Å². The van der Waals surface area contributed by atoms with Crippen molar-refractivity contribution >= 4 is 15.8 Å². The van der Waals surface area contributed by atoms with Crippen molar-refractivity contribution in [1.82, 2.24) is 9.78 Å². The summed E-state index contributed by atoms with van der Waals surface area (Å²) in [5.74, 6) is -1.50. The van der Waals surface area contributed by atoms with E-state index in [1.807, 2.05) is 10.9 Å². The molecule has 0 spiro atoms. The number of carbonyl (C=O) groups excluding carboxylic acids is 1. The quantitative estimate of drug-likeness (QED) is 0.747. The highest BCUT2D eigenvalue weighted by atomic mass is 32.2. The molecule has 21 heavy (non-hydrogen) atoms. The summed E-state index contributed by atoms with van der Waals surface area (Å²) >= 11 is 0. The maximum absolute atomic E-state index is 12.1. The van der Waals surface area contributed by atoms with Gasteiger partial charge in [-0.25, -0.2) is 8.42 Å². The van der Waals surface area contributed by atoms with Gasteiger partial charge < -0.3 is 4.74 Å². The average Bonchev–Trinajstić information content (AvgIpc) is 3.06.